The summed E-state index contributed by atoms with van der Waals surface area (Å²) in [5.41, 5.74) is 6.26. The standard InChI is InChI=1S/C15H19ClN6O2S/c1-7(2)18-12(23)10-6-9(4-5-11(10)16)20-15(24)19-8(3)13-21-22-14(17)25-13/h4-8H,1-3H3,(H2,17,22)(H,18,23)(H2,19,20,24)/t8-/m0/s1. The van der Waals surface area contributed by atoms with Crippen LogP contribution in [0.5, 0.6) is 0 Å². The Bertz CT molecular complexity index is 779. The minimum atomic E-state index is -0.446. The average Bonchev–Trinajstić information content (AvgIpc) is 2.95. The molecule has 8 nitrogen and oxygen atoms in total. The molecule has 0 aliphatic heterocycles. The molecule has 0 bridgehead atoms. The number of nitrogens with two attached hydrogens (primary N) is 1. The predicted octanol–water partition coefficient (Wildman–Crippen LogP) is 2.79. The molecule has 0 radical (unpaired) electrons. The molecule has 2 rings (SSSR count). The molecule has 1 heterocycles. The number of benzene rings is 1. The zero-order valence-corrected chi connectivity index (χ0v) is 15.5. The van der Waals surface area contributed by atoms with Gasteiger partial charge >= 0.3 is 6.03 Å². The Kier molecular flexibility index (Phi) is 6.16. The predicted molar refractivity (Wildman–Crippen MR) is 98.9 cm³/mol. The van der Waals surface area contributed by atoms with Crippen molar-refractivity contribution in [3.8, 4) is 0 Å². The number of hydrogen-bond donors (Lipinski definition) is 4. The highest BCUT2D eigenvalue weighted by Crippen LogP contribution is 2.22. The molecule has 0 aliphatic carbocycles. The van der Waals surface area contributed by atoms with Gasteiger partial charge in [0.1, 0.15) is 5.01 Å². The van der Waals surface area contributed by atoms with Gasteiger partial charge in [0.25, 0.3) is 5.91 Å². The number of hydrogen-bond acceptors (Lipinski definition) is 6. The zero-order valence-electron chi connectivity index (χ0n) is 14.0. The number of rotatable bonds is 5. The second kappa shape index (κ2) is 8.13. The van der Waals surface area contributed by atoms with Crippen LogP contribution in [0.25, 0.3) is 0 Å². The number of nitrogens with one attached hydrogen (secondary N) is 3. The molecule has 0 fully saturated rings. The van der Waals surface area contributed by atoms with Gasteiger partial charge in [0.15, 0.2) is 0 Å². The van der Waals surface area contributed by atoms with Crippen molar-refractivity contribution >= 4 is 45.7 Å². The van der Waals surface area contributed by atoms with Crippen LogP contribution in [0.15, 0.2) is 18.2 Å². The molecule has 0 spiro atoms. The lowest BCUT2D eigenvalue weighted by Gasteiger charge is -2.14. The highest BCUT2D eigenvalue weighted by atomic mass is 35.5. The van der Waals surface area contributed by atoms with E-state index in [9.17, 15) is 9.59 Å². The van der Waals surface area contributed by atoms with E-state index < -0.39 is 6.03 Å². The van der Waals surface area contributed by atoms with Gasteiger partial charge in [0.2, 0.25) is 5.13 Å². The van der Waals surface area contributed by atoms with E-state index in [0.29, 0.717) is 20.8 Å². The first kappa shape index (κ1) is 18.9. The van der Waals surface area contributed by atoms with E-state index in [-0.39, 0.29) is 23.6 Å². The lowest BCUT2D eigenvalue weighted by atomic mass is 10.1. The minimum Gasteiger partial charge on any atom is -0.374 e. The minimum absolute atomic E-state index is 0.0244. The van der Waals surface area contributed by atoms with Crippen LogP contribution in [0.1, 0.15) is 42.2 Å². The summed E-state index contributed by atoms with van der Waals surface area (Å²) in [6.07, 6.45) is 0. The summed E-state index contributed by atoms with van der Waals surface area (Å²) < 4.78 is 0. The molecule has 1 atom stereocenters. The first-order chi connectivity index (χ1) is 11.8. The van der Waals surface area contributed by atoms with E-state index in [2.05, 4.69) is 26.1 Å². The van der Waals surface area contributed by atoms with Crippen LogP contribution in [0.4, 0.5) is 15.6 Å². The van der Waals surface area contributed by atoms with Crippen molar-refractivity contribution in [2.75, 3.05) is 11.1 Å². The Morgan fingerprint density at radius 1 is 1.20 bits per heavy atom. The first-order valence-corrected chi connectivity index (χ1v) is 8.72. The number of carbonyl (C=O) groups excluding carboxylic acids is 2. The summed E-state index contributed by atoms with van der Waals surface area (Å²) in [6.45, 7) is 5.47. The van der Waals surface area contributed by atoms with Crippen molar-refractivity contribution in [1.29, 1.82) is 0 Å². The second-order valence-corrected chi connectivity index (χ2v) is 7.07. The van der Waals surface area contributed by atoms with E-state index >= 15 is 0 Å². The number of urea groups is 1. The summed E-state index contributed by atoms with van der Waals surface area (Å²) >= 11 is 7.26. The first-order valence-electron chi connectivity index (χ1n) is 7.53. The van der Waals surface area contributed by atoms with Gasteiger partial charge in [-0.2, -0.15) is 0 Å². The molecule has 10 heteroatoms. The molecule has 25 heavy (non-hydrogen) atoms. The highest BCUT2D eigenvalue weighted by molar-refractivity contribution is 7.15. The van der Waals surface area contributed by atoms with Crippen LogP contribution in [0.3, 0.4) is 0 Å². The lowest BCUT2D eigenvalue weighted by Crippen LogP contribution is -2.32. The monoisotopic (exact) mass is 382 g/mol. The lowest BCUT2D eigenvalue weighted by molar-refractivity contribution is 0.0943. The number of carbonyl (C=O) groups is 2. The molecule has 1 aromatic carbocycles. The number of aromatic nitrogens is 2. The van der Waals surface area contributed by atoms with Crippen molar-refractivity contribution in [3.05, 3.63) is 33.8 Å². The fraction of sp³-hybridized carbons (Fsp3) is 0.333. The zero-order chi connectivity index (χ0) is 18.6. The van der Waals surface area contributed by atoms with Crippen molar-refractivity contribution in [3.63, 3.8) is 0 Å². The van der Waals surface area contributed by atoms with Crippen LogP contribution in [-0.2, 0) is 0 Å². The van der Waals surface area contributed by atoms with Gasteiger partial charge in [0.05, 0.1) is 16.6 Å². The second-order valence-electron chi connectivity index (χ2n) is 5.62. The van der Waals surface area contributed by atoms with E-state index in [4.69, 9.17) is 17.3 Å². The van der Waals surface area contributed by atoms with Crippen LogP contribution in [-0.4, -0.2) is 28.2 Å². The van der Waals surface area contributed by atoms with E-state index in [1.807, 2.05) is 13.8 Å². The van der Waals surface area contributed by atoms with Crippen LogP contribution < -0.4 is 21.7 Å². The van der Waals surface area contributed by atoms with Crippen molar-refractivity contribution in [2.45, 2.75) is 32.9 Å². The third kappa shape index (κ3) is 5.30. The summed E-state index contributed by atoms with van der Waals surface area (Å²) in [5.74, 6) is -0.304. The van der Waals surface area contributed by atoms with Crippen LogP contribution in [0, 0.1) is 0 Å². The molecule has 2 aromatic rings. The largest absolute Gasteiger partial charge is 0.374 e. The molecule has 0 saturated carbocycles. The molecule has 1 aromatic heterocycles. The molecule has 0 saturated heterocycles. The smallest absolute Gasteiger partial charge is 0.319 e. The Morgan fingerprint density at radius 3 is 2.52 bits per heavy atom. The highest BCUT2D eigenvalue weighted by Gasteiger charge is 2.16. The molecule has 134 valence electrons. The maximum Gasteiger partial charge on any atom is 0.319 e. The molecule has 0 unspecified atom stereocenters. The third-order valence-corrected chi connectivity index (χ3v) is 4.33. The van der Waals surface area contributed by atoms with Crippen molar-refractivity contribution in [1.82, 2.24) is 20.8 Å². The van der Waals surface area contributed by atoms with E-state index in [1.165, 1.54) is 17.4 Å². The Labute approximate surface area is 154 Å². The molecule has 0 aliphatic rings. The van der Waals surface area contributed by atoms with Gasteiger partial charge in [-0.25, -0.2) is 4.79 Å². The fourth-order valence-corrected chi connectivity index (χ4v) is 2.78. The van der Waals surface area contributed by atoms with Gasteiger partial charge < -0.3 is 21.7 Å². The van der Waals surface area contributed by atoms with Crippen molar-refractivity contribution < 1.29 is 9.59 Å². The van der Waals surface area contributed by atoms with Crippen LogP contribution in [0.2, 0.25) is 5.02 Å². The molecule has 3 amide bonds. The van der Waals surface area contributed by atoms with Crippen molar-refractivity contribution in [2.24, 2.45) is 0 Å². The van der Waals surface area contributed by atoms with E-state index in [0.717, 1.165) is 0 Å². The average molecular weight is 383 g/mol. The SMILES string of the molecule is CC(C)NC(=O)c1cc(NC(=O)N[C@@H](C)c2nnc(N)s2)ccc1Cl. The van der Waals surface area contributed by atoms with Crippen LogP contribution >= 0.6 is 22.9 Å². The number of halogens is 1. The van der Waals surface area contributed by atoms with Gasteiger partial charge in [-0.3, -0.25) is 4.79 Å². The Balaban J connectivity index is 2.04. The fourth-order valence-electron chi connectivity index (χ4n) is 1.96. The molecular weight excluding hydrogens is 364 g/mol. The topological polar surface area (TPSA) is 122 Å². The summed E-state index contributed by atoms with van der Waals surface area (Å²) in [5, 5.41) is 17.0. The quantitative estimate of drug-likeness (QED) is 0.633. The Hall–Kier alpha value is -2.39. The number of nitrogen functional groups attached to an aromatic ring is 1. The molecular formula is C15H19ClN6O2S. The summed E-state index contributed by atoms with van der Waals surface area (Å²) in [7, 11) is 0. The third-order valence-electron chi connectivity index (χ3n) is 3.06. The number of amides is 3. The van der Waals surface area contributed by atoms with Gasteiger partial charge in [-0.15, -0.1) is 10.2 Å². The number of nitrogens with zero attached hydrogens (tertiary/aromatic N) is 2. The summed E-state index contributed by atoms with van der Waals surface area (Å²) in [6, 6.07) is 3.87. The molecule has 5 N–H and O–H groups in total. The van der Waals surface area contributed by atoms with Gasteiger partial charge in [-0.05, 0) is 39.0 Å². The van der Waals surface area contributed by atoms with E-state index in [1.54, 1.807) is 19.1 Å². The maximum absolute atomic E-state index is 12.1. The van der Waals surface area contributed by atoms with Gasteiger partial charge in [0, 0.05) is 11.7 Å². The summed E-state index contributed by atoms with van der Waals surface area (Å²) in [4.78, 5) is 24.2. The number of anilines is 2. The maximum atomic E-state index is 12.1. The van der Waals surface area contributed by atoms with Gasteiger partial charge in [-0.1, -0.05) is 22.9 Å². The Morgan fingerprint density at radius 2 is 1.92 bits per heavy atom. The normalized spacial score (nSPS) is 11.9.